The summed E-state index contributed by atoms with van der Waals surface area (Å²) in [5.41, 5.74) is 7.59. The SMILES string of the molecule is CC1CCC(CN)CN1C(=O)c1cccc(N(C)C)c1. The van der Waals surface area contributed by atoms with E-state index in [1.165, 1.54) is 0 Å². The zero-order valence-electron chi connectivity index (χ0n) is 12.7. The number of carbonyl (C=O) groups excluding carboxylic acids is 1. The zero-order chi connectivity index (χ0) is 14.7. The van der Waals surface area contributed by atoms with Gasteiger partial charge in [0, 0.05) is 37.9 Å². The highest BCUT2D eigenvalue weighted by Gasteiger charge is 2.28. The molecule has 4 nitrogen and oxygen atoms in total. The number of anilines is 1. The molecule has 110 valence electrons. The third-order valence-corrected chi connectivity index (χ3v) is 4.18. The van der Waals surface area contributed by atoms with Crippen LogP contribution in [0.25, 0.3) is 0 Å². The van der Waals surface area contributed by atoms with Crippen molar-refractivity contribution in [3.05, 3.63) is 29.8 Å². The molecule has 4 heteroatoms. The van der Waals surface area contributed by atoms with E-state index in [4.69, 9.17) is 5.73 Å². The summed E-state index contributed by atoms with van der Waals surface area (Å²) in [5, 5.41) is 0. The van der Waals surface area contributed by atoms with Crippen molar-refractivity contribution >= 4 is 11.6 Å². The minimum Gasteiger partial charge on any atom is -0.378 e. The monoisotopic (exact) mass is 275 g/mol. The normalized spacial score (nSPS) is 22.7. The third kappa shape index (κ3) is 3.12. The summed E-state index contributed by atoms with van der Waals surface area (Å²) < 4.78 is 0. The molecule has 1 fully saturated rings. The van der Waals surface area contributed by atoms with Gasteiger partial charge in [-0.1, -0.05) is 6.07 Å². The first-order chi connectivity index (χ1) is 9.52. The second-order valence-electron chi connectivity index (χ2n) is 5.93. The summed E-state index contributed by atoms with van der Waals surface area (Å²) in [5.74, 6) is 0.562. The Kier molecular flexibility index (Phi) is 4.65. The second-order valence-corrected chi connectivity index (χ2v) is 5.93. The molecule has 1 aliphatic rings. The second kappa shape index (κ2) is 6.27. The molecule has 2 atom stereocenters. The van der Waals surface area contributed by atoms with Gasteiger partial charge in [-0.3, -0.25) is 4.79 Å². The van der Waals surface area contributed by atoms with Crippen LogP contribution in [0.15, 0.2) is 24.3 Å². The lowest BCUT2D eigenvalue weighted by atomic mass is 9.93. The van der Waals surface area contributed by atoms with E-state index in [-0.39, 0.29) is 5.91 Å². The summed E-state index contributed by atoms with van der Waals surface area (Å²) in [6.45, 7) is 3.57. The third-order valence-electron chi connectivity index (χ3n) is 4.18. The van der Waals surface area contributed by atoms with E-state index in [2.05, 4.69) is 6.92 Å². The van der Waals surface area contributed by atoms with Crippen LogP contribution in [0, 0.1) is 5.92 Å². The molecule has 1 heterocycles. The molecular weight excluding hydrogens is 250 g/mol. The van der Waals surface area contributed by atoms with Crippen molar-refractivity contribution in [3.8, 4) is 0 Å². The maximum Gasteiger partial charge on any atom is 0.254 e. The summed E-state index contributed by atoms with van der Waals surface area (Å²) >= 11 is 0. The Labute approximate surface area is 121 Å². The van der Waals surface area contributed by atoms with Crippen LogP contribution in [0.1, 0.15) is 30.1 Å². The molecule has 1 amide bonds. The molecular formula is C16H25N3O. The first-order valence-corrected chi connectivity index (χ1v) is 7.31. The number of hydrogen-bond acceptors (Lipinski definition) is 3. The summed E-state index contributed by atoms with van der Waals surface area (Å²) in [6, 6.07) is 8.11. The summed E-state index contributed by atoms with van der Waals surface area (Å²) in [6.07, 6.45) is 2.17. The quantitative estimate of drug-likeness (QED) is 0.917. The Morgan fingerprint density at radius 1 is 1.40 bits per heavy atom. The van der Waals surface area contributed by atoms with Gasteiger partial charge in [-0.15, -0.1) is 0 Å². The molecule has 0 spiro atoms. The van der Waals surface area contributed by atoms with Crippen LogP contribution in [-0.2, 0) is 0 Å². The van der Waals surface area contributed by atoms with Crippen LogP contribution < -0.4 is 10.6 Å². The maximum atomic E-state index is 12.7. The molecule has 0 saturated carbocycles. The number of nitrogens with zero attached hydrogens (tertiary/aromatic N) is 2. The average Bonchev–Trinajstić information content (AvgIpc) is 2.47. The Bertz CT molecular complexity index is 473. The number of likely N-dealkylation sites (tertiary alicyclic amines) is 1. The van der Waals surface area contributed by atoms with Crippen LogP contribution >= 0.6 is 0 Å². The van der Waals surface area contributed by atoms with E-state index in [1.54, 1.807) is 0 Å². The van der Waals surface area contributed by atoms with Gasteiger partial charge >= 0.3 is 0 Å². The van der Waals surface area contributed by atoms with E-state index in [0.717, 1.165) is 30.6 Å². The van der Waals surface area contributed by atoms with Crippen molar-refractivity contribution in [2.75, 3.05) is 32.1 Å². The van der Waals surface area contributed by atoms with E-state index in [0.29, 0.717) is 18.5 Å². The molecule has 1 aromatic carbocycles. The topological polar surface area (TPSA) is 49.6 Å². The maximum absolute atomic E-state index is 12.7. The molecule has 1 aliphatic heterocycles. The van der Waals surface area contributed by atoms with Gasteiger partial charge < -0.3 is 15.5 Å². The van der Waals surface area contributed by atoms with Gasteiger partial charge in [-0.25, -0.2) is 0 Å². The van der Waals surface area contributed by atoms with Gasteiger partial charge in [0.25, 0.3) is 5.91 Å². The molecule has 1 saturated heterocycles. The van der Waals surface area contributed by atoms with E-state index in [1.807, 2.05) is 48.2 Å². The van der Waals surface area contributed by atoms with Gasteiger partial charge in [0.1, 0.15) is 0 Å². The lowest BCUT2D eigenvalue weighted by Gasteiger charge is -2.37. The number of hydrogen-bond donors (Lipinski definition) is 1. The van der Waals surface area contributed by atoms with Crippen molar-refractivity contribution < 1.29 is 4.79 Å². The number of rotatable bonds is 3. The molecule has 1 aromatic rings. The smallest absolute Gasteiger partial charge is 0.254 e. The number of benzene rings is 1. The van der Waals surface area contributed by atoms with E-state index in [9.17, 15) is 4.79 Å². The fourth-order valence-electron chi connectivity index (χ4n) is 2.74. The number of amides is 1. The van der Waals surface area contributed by atoms with Crippen LogP contribution in [0.3, 0.4) is 0 Å². The predicted molar refractivity (Wildman–Crippen MR) is 83.0 cm³/mol. The first kappa shape index (κ1) is 14.9. The van der Waals surface area contributed by atoms with Crippen molar-refractivity contribution in [2.45, 2.75) is 25.8 Å². The molecule has 0 radical (unpaired) electrons. The highest BCUT2D eigenvalue weighted by Crippen LogP contribution is 2.24. The minimum absolute atomic E-state index is 0.124. The highest BCUT2D eigenvalue weighted by molar-refractivity contribution is 5.95. The zero-order valence-corrected chi connectivity index (χ0v) is 12.7. The first-order valence-electron chi connectivity index (χ1n) is 7.31. The number of piperidine rings is 1. The van der Waals surface area contributed by atoms with Crippen LogP contribution in [0.5, 0.6) is 0 Å². The van der Waals surface area contributed by atoms with Crippen LogP contribution in [-0.4, -0.2) is 44.0 Å². The van der Waals surface area contributed by atoms with Gasteiger partial charge in [0.2, 0.25) is 0 Å². The predicted octanol–water partition coefficient (Wildman–Crippen LogP) is 1.95. The van der Waals surface area contributed by atoms with E-state index < -0.39 is 0 Å². The molecule has 0 aliphatic carbocycles. The van der Waals surface area contributed by atoms with Crippen molar-refractivity contribution in [3.63, 3.8) is 0 Å². The molecule has 0 bridgehead atoms. The standard InChI is InChI=1S/C16H25N3O/c1-12-7-8-13(10-17)11-19(12)16(20)14-5-4-6-15(9-14)18(2)3/h4-6,9,12-13H,7-8,10-11,17H2,1-3H3. The summed E-state index contributed by atoms with van der Waals surface area (Å²) in [4.78, 5) is 16.7. The number of carbonyl (C=O) groups is 1. The van der Waals surface area contributed by atoms with Gasteiger partial charge in [0.15, 0.2) is 0 Å². The summed E-state index contributed by atoms with van der Waals surface area (Å²) in [7, 11) is 3.97. The largest absolute Gasteiger partial charge is 0.378 e. The molecule has 20 heavy (non-hydrogen) atoms. The van der Waals surface area contributed by atoms with Crippen molar-refractivity contribution in [1.29, 1.82) is 0 Å². The lowest BCUT2D eigenvalue weighted by Crippen LogP contribution is -2.47. The van der Waals surface area contributed by atoms with Crippen molar-refractivity contribution in [2.24, 2.45) is 11.7 Å². The Morgan fingerprint density at radius 2 is 2.15 bits per heavy atom. The van der Waals surface area contributed by atoms with Crippen molar-refractivity contribution in [1.82, 2.24) is 4.90 Å². The molecule has 2 rings (SSSR count). The van der Waals surface area contributed by atoms with Gasteiger partial charge in [-0.2, -0.15) is 0 Å². The lowest BCUT2D eigenvalue weighted by molar-refractivity contribution is 0.0567. The fraction of sp³-hybridized carbons (Fsp3) is 0.562. The van der Waals surface area contributed by atoms with Gasteiger partial charge in [-0.05, 0) is 50.4 Å². The fourth-order valence-corrected chi connectivity index (χ4v) is 2.74. The Balaban J connectivity index is 2.19. The molecule has 2 N–H and O–H groups in total. The Morgan fingerprint density at radius 3 is 2.80 bits per heavy atom. The molecule has 2 unspecified atom stereocenters. The van der Waals surface area contributed by atoms with Crippen LogP contribution in [0.4, 0.5) is 5.69 Å². The average molecular weight is 275 g/mol. The highest BCUT2D eigenvalue weighted by atomic mass is 16.2. The molecule has 0 aromatic heterocycles. The van der Waals surface area contributed by atoms with Gasteiger partial charge in [0.05, 0.1) is 0 Å². The minimum atomic E-state index is 0.124. The van der Waals surface area contributed by atoms with E-state index >= 15 is 0 Å². The number of nitrogens with two attached hydrogens (primary N) is 1. The Hall–Kier alpha value is -1.55. The van der Waals surface area contributed by atoms with Crippen LogP contribution in [0.2, 0.25) is 0 Å².